The topological polar surface area (TPSA) is 39.1 Å². The summed E-state index contributed by atoms with van der Waals surface area (Å²) in [5.74, 6) is 0. The molecule has 0 bridgehead atoms. The van der Waals surface area contributed by atoms with E-state index in [1.54, 1.807) is 13.3 Å². The molecular weight excluding hydrogens is 238 g/mol. The van der Waals surface area contributed by atoms with Crippen LogP contribution in [0.15, 0.2) is 6.20 Å². The summed E-state index contributed by atoms with van der Waals surface area (Å²) >= 11 is 6.22. The van der Waals surface area contributed by atoms with Gasteiger partial charge >= 0.3 is 0 Å². The van der Waals surface area contributed by atoms with Crippen LogP contribution < -0.4 is 5.32 Å². The number of rotatable bonds is 6. The zero-order valence-electron chi connectivity index (χ0n) is 11.2. The molecule has 0 saturated carbocycles. The van der Waals surface area contributed by atoms with E-state index in [1.807, 2.05) is 11.7 Å². The van der Waals surface area contributed by atoms with Crippen molar-refractivity contribution in [3.8, 4) is 0 Å². The standard InChI is InChI=1S/C12H22ClN3O/c1-6-12(3,17-5)11(14-7-2)10-9(13)8-15-16(10)4/h8,11,14H,6-7H2,1-5H3. The van der Waals surface area contributed by atoms with E-state index >= 15 is 0 Å². The number of methoxy groups -OCH3 is 1. The lowest BCUT2D eigenvalue weighted by molar-refractivity contribution is -0.0316. The zero-order valence-corrected chi connectivity index (χ0v) is 12.0. The maximum Gasteiger partial charge on any atom is 0.0857 e. The van der Waals surface area contributed by atoms with Gasteiger partial charge in [0.15, 0.2) is 0 Å². The molecule has 0 saturated heterocycles. The van der Waals surface area contributed by atoms with Crippen molar-refractivity contribution in [2.24, 2.45) is 7.05 Å². The van der Waals surface area contributed by atoms with E-state index < -0.39 is 0 Å². The minimum atomic E-state index is -0.298. The molecule has 1 aromatic rings. The Morgan fingerprint density at radius 1 is 1.59 bits per heavy atom. The average molecular weight is 260 g/mol. The molecule has 1 heterocycles. The quantitative estimate of drug-likeness (QED) is 0.853. The summed E-state index contributed by atoms with van der Waals surface area (Å²) in [4.78, 5) is 0. The predicted octanol–water partition coefficient (Wildman–Crippen LogP) is 2.54. The van der Waals surface area contributed by atoms with Crippen molar-refractivity contribution in [3.05, 3.63) is 16.9 Å². The molecule has 0 aliphatic heterocycles. The molecule has 1 aromatic heterocycles. The first-order valence-corrected chi connectivity index (χ1v) is 6.33. The third kappa shape index (κ3) is 2.81. The van der Waals surface area contributed by atoms with E-state index in [0.717, 1.165) is 18.7 Å². The third-order valence-electron chi connectivity index (χ3n) is 3.40. The van der Waals surface area contributed by atoms with Crippen LogP contribution in [-0.4, -0.2) is 29.0 Å². The van der Waals surface area contributed by atoms with Crippen LogP contribution in [0, 0.1) is 0 Å². The lowest BCUT2D eigenvalue weighted by atomic mass is 9.90. The molecule has 1 N–H and O–H groups in total. The summed E-state index contributed by atoms with van der Waals surface area (Å²) in [6, 6.07) is 0.0301. The molecule has 0 radical (unpaired) electrons. The minimum Gasteiger partial charge on any atom is -0.376 e. The molecule has 0 aromatic carbocycles. The molecule has 2 unspecified atom stereocenters. The number of aromatic nitrogens is 2. The summed E-state index contributed by atoms with van der Waals surface area (Å²) in [6.45, 7) is 7.12. The molecule has 17 heavy (non-hydrogen) atoms. The molecule has 2 atom stereocenters. The monoisotopic (exact) mass is 259 g/mol. The smallest absolute Gasteiger partial charge is 0.0857 e. The van der Waals surface area contributed by atoms with E-state index in [-0.39, 0.29) is 11.6 Å². The molecule has 98 valence electrons. The molecule has 4 nitrogen and oxygen atoms in total. The molecule has 1 rings (SSSR count). The van der Waals surface area contributed by atoms with Crippen molar-refractivity contribution in [1.82, 2.24) is 15.1 Å². The number of likely N-dealkylation sites (N-methyl/N-ethyl adjacent to an activating group) is 1. The van der Waals surface area contributed by atoms with Crippen LogP contribution in [0.4, 0.5) is 0 Å². The number of nitrogens with one attached hydrogen (secondary N) is 1. The highest BCUT2D eigenvalue weighted by molar-refractivity contribution is 6.31. The summed E-state index contributed by atoms with van der Waals surface area (Å²) < 4.78 is 7.48. The molecule has 0 amide bonds. The molecule has 5 heteroatoms. The largest absolute Gasteiger partial charge is 0.376 e. The van der Waals surface area contributed by atoms with Crippen molar-refractivity contribution in [2.45, 2.75) is 38.8 Å². The SMILES string of the molecule is CCNC(c1c(Cl)cnn1C)C(C)(CC)OC. The Morgan fingerprint density at radius 2 is 2.24 bits per heavy atom. The number of aryl methyl sites for hydroxylation is 1. The van der Waals surface area contributed by atoms with E-state index in [4.69, 9.17) is 16.3 Å². The number of nitrogens with zero attached hydrogens (tertiary/aromatic N) is 2. The Bertz CT molecular complexity index is 341. The molecule has 0 spiro atoms. The fourth-order valence-electron chi connectivity index (χ4n) is 2.02. The van der Waals surface area contributed by atoms with Crippen LogP contribution in [0.1, 0.15) is 38.9 Å². The highest BCUT2D eigenvalue weighted by Crippen LogP contribution is 2.34. The number of hydrogen-bond donors (Lipinski definition) is 1. The first kappa shape index (κ1) is 14.5. The van der Waals surface area contributed by atoms with Crippen molar-refractivity contribution in [1.29, 1.82) is 0 Å². The van der Waals surface area contributed by atoms with Gasteiger partial charge in [-0.05, 0) is 19.9 Å². The highest BCUT2D eigenvalue weighted by atomic mass is 35.5. The minimum absolute atomic E-state index is 0.0301. The van der Waals surface area contributed by atoms with Crippen LogP contribution in [0.2, 0.25) is 5.02 Å². The van der Waals surface area contributed by atoms with Crippen LogP contribution in [0.25, 0.3) is 0 Å². The van der Waals surface area contributed by atoms with Gasteiger partial charge in [-0.15, -0.1) is 0 Å². The summed E-state index contributed by atoms with van der Waals surface area (Å²) in [7, 11) is 3.63. The van der Waals surface area contributed by atoms with Crippen LogP contribution >= 0.6 is 11.6 Å². The predicted molar refractivity (Wildman–Crippen MR) is 70.3 cm³/mol. The fourth-order valence-corrected chi connectivity index (χ4v) is 2.29. The number of ether oxygens (including phenoxy) is 1. The van der Waals surface area contributed by atoms with Gasteiger partial charge in [-0.2, -0.15) is 5.10 Å². The van der Waals surface area contributed by atoms with Gasteiger partial charge in [-0.3, -0.25) is 4.68 Å². The number of hydrogen-bond acceptors (Lipinski definition) is 3. The second kappa shape index (κ2) is 5.85. The van der Waals surface area contributed by atoms with Crippen molar-refractivity contribution >= 4 is 11.6 Å². The second-order valence-corrected chi connectivity index (χ2v) is 4.77. The van der Waals surface area contributed by atoms with E-state index in [9.17, 15) is 0 Å². The maximum absolute atomic E-state index is 6.22. The lowest BCUT2D eigenvalue weighted by Crippen LogP contribution is -2.43. The highest BCUT2D eigenvalue weighted by Gasteiger charge is 2.36. The van der Waals surface area contributed by atoms with Gasteiger partial charge in [0.1, 0.15) is 0 Å². The van der Waals surface area contributed by atoms with E-state index in [0.29, 0.717) is 5.02 Å². The zero-order chi connectivity index (χ0) is 13.1. The summed E-state index contributed by atoms with van der Waals surface area (Å²) in [5, 5.41) is 8.31. The van der Waals surface area contributed by atoms with Gasteiger partial charge in [0.05, 0.1) is 28.6 Å². The molecule has 0 aliphatic rings. The van der Waals surface area contributed by atoms with E-state index in [1.165, 1.54) is 0 Å². The Labute approximate surface area is 108 Å². The molecule has 0 fully saturated rings. The Morgan fingerprint density at radius 3 is 2.59 bits per heavy atom. The van der Waals surface area contributed by atoms with Gasteiger partial charge in [0.25, 0.3) is 0 Å². The maximum atomic E-state index is 6.22. The van der Waals surface area contributed by atoms with Gasteiger partial charge in [-0.1, -0.05) is 25.4 Å². The normalized spacial score (nSPS) is 16.8. The average Bonchev–Trinajstić information content (AvgIpc) is 2.65. The lowest BCUT2D eigenvalue weighted by Gasteiger charge is -2.36. The summed E-state index contributed by atoms with van der Waals surface area (Å²) in [6.07, 6.45) is 2.57. The first-order chi connectivity index (χ1) is 8.00. The Balaban J connectivity index is 3.17. The fraction of sp³-hybridized carbons (Fsp3) is 0.750. The second-order valence-electron chi connectivity index (χ2n) is 4.36. The Kier molecular flexibility index (Phi) is 4.98. The van der Waals surface area contributed by atoms with Crippen LogP contribution in [-0.2, 0) is 11.8 Å². The third-order valence-corrected chi connectivity index (χ3v) is 3.69. The van der Waals surface area contributed by atoms with Gasteiger partial charge in [-0.25, -0.2) is 0 Å². The van der Waals surface area contributed by atoms with Crippen LogP contribution in [0.5, 0.6) is 0 Å². The van der Waals surface area contributed by atoms with Gasteiger partial charge in [0.2, 0.25) is 0 Å². The van der Waals surface area contributed by atoms with Crippen LogP contribution in [0.3, 0.4) is 0 Å². The van der Waals surface area contributed by atoms with Crippen molar-refractivity contribution < 1.29 is 4.74 Å². The summed E-state index contributed by atoms with van der Waals surface area (Å²) in [5.41, 5.74) is 0.674. The first-order valence-electron chi connectivity index (χ1n) is 5.96. The van der Waals surface area contributed by atoms with Crippen molar-refractivity contribution in [2.75, 3.05) is 13.7 Å². The van der Waals surface area contributed by atoms with Gasteiger partial charge < -0.3 is 10.1 Å². The Hall–Kier alpha value is -0.580. The van der Waals surface area contributed by atoms with Gasteiger partial charge in [0, 0.05) is 14.2 Å². The van der Waals surface area contributed by atoms with E-state index in [2.05, 4.69) is 31.2 Å². The molecule has 0 aliphatic carbocycles. The molecular formula is C12H22ClN3O. The van der Waals surface area contributed by atoms with Crippen molar-refractivity contribution in [3.63, 3.8) is 0 Å². The number of halogens is 1.